The van der Waals surface area contributed by atoms with Crippen LogP contribution in [0.3, 0.4) is 0 Å². The second-order valence-corrected chi connectivity index (χ2v) is 6.52. The predicted molar refractivity (Wildman–Crippen MR) is 102 cm³/mol. The summed E-state index contributed by atoms with van der Waals surface area (Å²) in [4.78, 5) is 12.1. The Morgan fingerprint density at radius 1 is 1.00 bits per heavy atom. The van der Waals surface area contributed by atoms with Gasteiger partial charge in [-0.3, -0.25) is 5.32 Å². The Labute approximate surface area is 156 Å². The van der Waals surface area contributed by atoms with E-state index in [0.29, 0.717) is 5.69 Å². The molecule has 3 aromatic carbocycles. The number of amides is 1. The number of fused-ring (bicyclic) bond motifs is 3. The standard InChI is InChI=1S/C21H16ClNO3/c22-19-10-9-13(11-20(19)24)23-21(25)26-12-18-16-7-3-1-5-14(16)15-6-2-4-8-17(15)18/h1-11,18,24H,12H2,(H,23,25). The number of hydrogen-bond donors (Lipinski definition) is 2. The van der Waals surface area contributed by atoms with Gasteiger partial charge in [-0.2, -0.15) is 0 Å². The van der Waals surface area contributed by atoms with Crippen LogP contribution in [0, 0.1) is 0 Å². The summed E-state index contributed by atoms with van der Waals surface area (Å²) in [7, 11) is 0. The van der Waals surface area contributed by atoms with Crippen molar-refractivity contribution in [1.82, 2.24) is 0 Å². The van der Waals surface area contributed by atoms with E-state index in [9.17, 15) is 9.90 Å². The Kier molecular flexibility index (Phi) is 4.27. The van der Waals surface area contributed by atoms with Gasteiger partial charge in [-0.15, -0.1) is 0 Å². The van der Waals surface area contributed by atoms with Crippen molar-refractivity contribution in [3.63, 3.8) is 0 Å². The molecule has 4 rings (SSSR count). The number of rotatable bonds is 3. The van der Waals surface area contributed by atoms with Crippen LogP contribution in [0.5, 0.6) is 5.75 Å². The van der Waals surface area contributed by atoms with E-state index in [1.54, 1.807) is 6.07 Å². The lowest BCUT2D eigenvalue weighted by atomic mass is 9.98. The molecular formula is C21H16ClNO3. The van der Waals surface area contributed by atoms with Gasteiger partial charge >= 0.3 is 6.09 Å². The summed E-state index contributed by atoms with van der Waals surface area (Å²) in [5.41, 5.74) is 5.10. The minimum absolute atomic E-state index is 0.00627. The number of phenolic OH excluding ortho intramolecular Hbond substituents is 1. The smallest absolute Gasteiger partial charge is 0.411 e. The molecule has 0 heterocycles. The van der Waals surface area contributed by atoms with Crippen molar-refractivity contribution >= 4 is 23.4 Å². The first kappa shape index (κ1) is 16.5. The van der Waals surface area contributed by atoms with Crippen molar-refractivity contribution in [1.29, 1.82) is 0 Å². The van der Waals surface area contributed by atoms with Crippen LogP contribution in [0.2, 0.25) is 5.02 Å². The van der Waals surface area contributed by atoms with Crippen molar-refractivity contribution in [2.45, 2.75) is 5.92 Å². The monoisotopic (exact) mass is 365 g/mol. The highest BCUT2D eigenvalue weighted by Crippen LogP contribution is 2.44. The molecule has 0 spiro atoms. The molecule has 4 nitrogen and oxygen atoms in total. The first-order valence-electron chi connectivity index (χ1n) is 8.24. The molecule has 0 aliphatic heterocycles. The molecule has 1 aliphatic rings. The maximum atomic E-state index is 12.1. The Morgan fingerprint density at radius 3 is 2.23 bits per heavy atom. The van der Waals surface area contributed by atoms with E-state index in [0.717, 1.165) is 11.1 Å². The van der Waals surface area contributed by atoms with Gasteiger partial charge in [0.25, 0.3) is 0 Å². The zero-order chi connectivity index (χ0) is 18.1. The molecule has 5 heteroatoms. The van der Waals surface area contributed by atoms with Gasteiger partial charge in [0.05, 0.1) is 5.02 Å². The number of nitrogens with one attached hydrogen (secondary N) is 1. The van der Waals surface area contributed by atoms with Crippen molar-refractivity contribution in [3.05, 3.63) is 82.9 Å². The molecule has 2 N–H and O–H groups in total. The van der Waals surface area contributed by atoms with Crippen LogP contribution in [0.25, 0.3) is 11.1 Å². The minimum atomic E-state index is -0.575. The van der Waals surface area contributed by atoms with Crippen LogP contribution in [-0.2, 0) is 4.74 Å². The second kappa shape index (κ2) is 6.73. The van der Waals surface area contributed by atoms with Crippen LogP contribution >= 0.6 is 11.6 Å². The van der Waals surface area contributed by atoms with Crippen molar-refractivity contribution in [3.8, 4) is 16.9 Å². The highest BCUT2D eigenvalue weighted by Gasteiger charge is 2.28. The van der Waals surface area contributed by atoms with Crippen molar-refractivity contribution in [2.75, 3.05) is 11.9 Å². The quantitative estimate of drug-likeness (QED) is 0.652. The van der Waals surface area contributed by atoms with Crippen LogP contribution in [0.1, 0.15) is 17.0 Å². The zero-order valence-corrected chi connectivity index (χ0v) is 14.5. The highest BCUT2D eigenvalue weighted by molar-refractivity contribution is 6.32. The summed E-state index contributed by atoms with van der Waals surface area (Å²) in [6.45, 7) is 0.236. The number of halogens is 1. The number of benzene rings is 3. The molecule has 1 aliphatic carbocycles. The fourth-order valence-corrected chi connectivity index (χ4v) is 3.46. The van der Waals surface area contributed by atoms with E-state index in [-0.39, 0.29) is 23.3 Å². The van der Waals surface area contributed by atoms with E-state index in [2.05, 4.69) is 29.6 Å². The molecule has 0 saturated heterocycles. The third kappa shape index (κ3) is 3.00. The molecule has 0 radical (unpaired) electrons. The van der Waals surface area contributed by atoms with Gasteiger partial charge in [-0.25, -0.2) is 4.79 Å². The lowest BCUT2D eigenvalue weighted by molar-refractivity contribution is 0.158. The van der Waals surface area contributed by atoms with Crippen molar-refractivity contribution < 1.29 is 14.6 Å². The average molecular weight is 366 g/mol. The summed E-state index contributed by atoms with van der Waals surface area (Å²) < 4.78 is 5.45. The third-order valence-corrected chi connectivity index (χ3v) is 4.86. The summed E-state index contributed by atoms with van der Waals surface area (Å²) in [6.07, 6.45) is -0.575. The Hall–Kier alpha value is -2.98. The average Bonchev–Trinajstić information content (AvgIpc) is 2.97. The number of phenols is 1. The molecule has 0 bridgehead atoms. The van der Waals surface area contributed by atoms with E-state index in [4.69, 9.17) is 16.3 Å². The van der Waals surface area contributed by atoms with Gasteiger partial charge in [0.1, 0.15) is 12.4 Å². The molecule has 0 atom stereocenters. The Balaban J connectivity index is 1.49. The largest absolute Gasteiger partial charge is 0.506 e. The molecular weight excluding hydrogens is 350 g/mol. The number of hydrogen-bond acceptors (Lipinski definition) is 3. The lowest BCUT2D eigenvalue weighted by Gasteiger charge is -2.14. The molecule has 1 amide bonds. The first-order valence-corrected chi connectivity index (χ1v) is 8.62. The molecule has 0 fully saturated rings. The molecule has 0 unspecified atom stereocenters. The van der Waals surface area contributed by atoms with Gasteiger partial charge in [0.2, 0.25) is 0 Å². The molecule has 0 saturated carbocycles. The second-order valence-electron chi connectivity index (χ2n) is 6.12. The maximum absolute atomic E-state index is 12.1. The van der Waals surface area contributed by atoms with Gasteiger partial charge in [0, 0.05) is 17.7 Å². The fourth-order valence-electron chi connectivity index (χ4n) is 3.34. The van der Waals surface area contributed by atoms with Gasteiger partial charge < -0.3 is 9.84 Å². The van der Waals surface area contributed by atoms with E-state index in [1.165, 1.54) is 23.3 Å². The van der Waals surface area contributed by atoms with Crippen LogP contribution in [-0.4, -0.2) is 17.8 Å². The zero-order valence-electron chi connectivity index (χ0n) is 13.8. The summed E-state index contributed by atoms with van der Waals surface area (Å²) in [5.74, 6) is -0.0881. The minimum Gasteiger partial charge on any atom is -0.506 e. The number of aromatic hydroxyl groups is 1. The van der Waals surface area contributed by atoms with E-state index in [1.807, 2.05) is 24.3 Å². The SMILES string of the molecule is O=C(Nc1ccc(Cl)c(O)c1)OCC1c2ccccc2-c2ccccc21. The highest BCUT2D eigenvalue weighted by atomic mass is 35.5. The first-order chi connectivity index (χ1) is 12.6. The molecule has 130 valence electrons. The number of anilines is 1. The van der Waals surface area contributed by atoms with Crippen LogP contribution in [0.4, 0.5) is 10.5 Å². The fraction of sp³-hybridized carbons (Fsp3) is 0.0952. The van der Waals surface area contributed by atoms with Gasteiger partial charge in [-0.05, 0) is 34.4 Å². The van der Waals surface area contributed by atoms with Gasteiger partial charge in [-0.1, -0.05) is 60.1 Å². The normalized spacial score (nSPS) is 12.3. The van der Waals surface area contributed by atoms with E-state index < -0.39 is 6.09 Å². The summed E-state index contributed by atoms with van der Waals surface area (Å²) in [5, 5.41) is 12.4. The van der Waals surface area contributed by atoms with Crippen LogP contribution < -0.4 is 5.32 Å². The molecule has 0 aromatic heterocycles. The Morgan fingerprint density at radius 2 is 1.62 bits per heavy atom. The maximum Gasteiger partial charge on any atom is 0.411 e. The number of ether oxygens (including phenoxy) is 1. The summed E-state index contributed by atoms with van der Waals surface area (Å²) >= 11 is 5.77. The Bertz CT molecular complexity index is 941. The van der Waals surface area contributed by atoms with Gasteiger partial charge in [0.15, 0.2) is 0 Å². The predicted octanol–water partition coefficient (Wildman–Crippen LogP) is 5.41. The topological polar surface area (TPSA) is 58.6 Å². The lowest BCUT2D eigenvalue weighted by Crippen LogP contribution is -2.17. The van der Waals surface area contributed by atoms with E-state index >= 15 is 0 Å². The van der Waals surface area contributed by atoms with Crippen molar-refractivity contribution in [2.24, 2.45) is 0 Å². The summed E-state index contributed by atoms with van der Waals surface area (Å²) in [6, 6.07) is 20.8. The number of carbonyl (C=O) groups is 1. The molecule has 26 heavy (non-hydrogen) atoms. The molecule has 3 aromatic rings. The number of carbonyl (C=O) groups excluding carboxylic acids is 1. The third-order valence-electron chi connectivity index (χ3n) is 4.54. The van der Waals surface area contributed by atoms with Crippen LogP contribution in [0.15, 0.2) is 66.7 Å².